The molecule has 3 aromatic rings. The first-order valence-electron chi connectivity index (χ1n) is 14.4. The standard InChI is InChI=1S/C33H44N4O6S/c1-31(2,3)25-14-10-13-24(19-25)21-36(44(40,41)27-16-12-18-34-20-27)22-26-15-11-17-28(35-26)37(30(39)43-33(7,8)9)23-29(38)42-32(4,5)6/h10-20H,21-23H2,1-9H3. The van der Waals surface area contributed by atoms with Crippen molar-refractivity contribution in [2.24, 2.45) is 0 Å². The maximum Gasteiger partial charge on any atom is 0.416 e. The number of amides is 1. The molecule has 0 saturated heterocycles. The fourth-order valence-electron chi connectivity index (χ4n) is 4.16. The molecule has 0 spiro atoms. The van der Waals surface area contributed by atoms with Gasteiger partial charge in [-0.3, -0.25) is 14.7 Å². The third-order valence-corrected chi connectivity index (χ3v) is 7.93. The molecule has 3 rings (SSSR count). The number of carbonyl (C=O) groups excluding carboxylic acids is 2. The van der Waals surface area contributed by atoms with Crippen molar-refractivity contribution < 1.29 is 27.5 Å². The Morgan fingerprint density at radius 3 is 2.07 bits per heavy atom. The van der Waals surface area contributed by atoms with Crippen LogP contribution in [-0.4, -0.2) is 52.5 Å². The maximum absolute atomic E-state index is 13.9. The molecule has 238 valence electrons. The van der Waals surface area contributed by atoms with Crippen LogP contribution < -0.4 is 4.90 Å². The minimum atomic E-state index is -4.01. The predicted molar refractivity (Wildman–Crippen MR) is 169 cm³/mol. The van der Waals surface area contributed by atoms with Gasteiger partial charge in [0.25, 0.3) is 0 Å². The first-order chi connectivity index (χ1) is 20.2. The van der Waals surface area contributed by atoms with Gasteiger partial charge in [0.15, 0.2) is 0 Å². The Balaban J connectivity index is 2.02. The number of hydrogen-bond acceptors (Lipinski definition) is 8. The second kappa shape index (κ2) is 13.4. The highest BCUT2D eigenvalue weighted by Gasteiger charge is 2.30. The van der Waals surface area contributed by atoms with Crippen LogP contribution in [0.2, 0.25) is 0 Å². The maximum atomic E-state index is 13.9. The quantitative estimate of drug-likeness (QED) is 0.257. The number of pyridine rings is 2. The topological polar surface area (TPSA) is 119 Å². The van der Waals surface area contributed by atoms with Crippen molar-refractivity contribution in [3.05, 3.63) is 83.8 Å². The predicted octanol–water partition coefficient (Wildman–Crippen LogP) is 6.25. The Kier molecular flexibility index (Phi) is 10.6. The number of rotatable bonds is 9. The molecule has 2 heterocycles. The SMILES string of the molecule is CC(C)(C)OC(=O)CN(C(=O)OC(C)(C)C)c1cccc(CN(Cc2cccc(C(C)(C)C)c2)S(=O)(=O)c2cccnc2)n1. The Labute approximate surface area is 261 Å². The second-order valence-corrected chi connectivity index (χ2v) is 15.5. The number of nitrogens with zero attached hydrogens (tertiary/aromatic N) is 4. The van der Waals surface area contributed by atoms with Crippen molar-refractivity contribution in [3.8, 4) is 0 Å². The zero-order chi connectivity index (χ0) is 32.9. The summed E-state index contributed by atoms with van der Waals surface area (Å²) >= 11 is 0. The molecule has 0 unspecified atom stereocenters. The fraction of sp³-hybridized carbons (Fsp3) is 0.455. The molecular weight excluding hydrogens is 580 g/mol. The molecule has 0 bridgehead atoms. The minimum absolute atomic E-state index is 0.0448. The Morgan fingerprint density at radius 2 is 1.48 bits per heavy atom. The molecular formula is C33H44N4O6S. The number of anilines is 1. The third-order valence-electron chi connectivity index (χ3n) is 6.15. The number of hydrogen-bond donors (Lipinski definition) is 0. The van der Waals surface area contributed by atoms with Crippen LogP contribution in [0.3, 0.4) is 0 Å². The van der Waals surface area contributed by atoms with Crippen LogP contribution >= 0.6 is 0 Å². The smallest absolute Gasteiger partial charge is 0.416 e. The molecule has 0 aliphatic heterocycles. The van der Waals surface area contributed by atoms with E-state index in [1.165, 1.54) is 22.8 Å². The summed E-state index contributed by atoms with van der Waals surface area (Å²) in [5.41, 5.74) is 0.511. The Bertz CT molecular complexity index is 1560. The molecule has 0 N–H and O–H groups in total. The fourth-order valence-corrected chi connectivity index (χ4v) is 5.52. The lowest BCUT2D eigenvalue weighted by atomic mass is 9.86. The normalized spacial score (nSPS) is 12.6. The van der Waals surface area contributed by atoms with Gasteiger partial charge < -0.3 is 9.47 Å². The minimum Gasteiger partial charge on any atom is -0.459 e. The number of carbonyl (C=O) groups is 2. The van der Waals surface area contributed by atoms with Crippen LogP contribution in [0.5, 0.6) is 0 Å². The number of benzene rings is 1. The zero-order valence-electron chi connectivity index (χ0n) is 27.1. The van der Waals surface area contributed by atoms with Gasteiger partial charge in [0.1, 0.15) is 28.5 Å². The summed E-state index contributed by atoms with van der Waals surface area (Å²) in [6.07, 6.45) is 2.03. The average molecular weight is 625 g/mol. The van der Waals surface area contributed by atoms with Gasteiger partial charge in [0.05, 0.1) is 12.2 Å². The number of ether oxygens (including phenoxy) is 2. The van der Waals surface area contributed by atoms with Crippen LogP contribution in [-0.2, 0) is 42.8 Å². The number of aromatic nitrogens is 2. The van der Waals surface area contributed by atoms with Gasteiger partial charge in [-0.15, -0.1) is 0 Å². The van der Waals surface area contributed by atoms with E-state index in [0.717, 1.165) is 16.0 Å². The molecule has 11 heteroatoms. The van der Waals surface area contributed by atoms with Crippen molar-refractivity contribution in [2.45, 2.75) is 96.9 Å². The van der Waals surface area contributed by atoms with E-state index in [9.17, 15) is 18.0 Å². The summed E-state index contributed by atoms with van der Waals surface area (Å²) in [5.74, 6) is -0.522. The summed E-state index contributed by atoms with van der Waals surface area (Å²) in [6.45, 7) is 16.2. The van der Waals surface area contributed by atoms with Crippen molar-refractivity contribution in [1.82, 2.24) is 14.3 Å². The lowest BCUT2D eigenvalue weighted by Crippen LogP contribution is -2.42. The average Bonchev–Trinajstić information content (AvgIpc) is 2.90. The van der Waals surface area contributed by atoms with E-state index >= 15 is 0 Å². The van der Waals surface area contributed by atoms with Crippen LogP contribution in [0.15, 0.2) is 71.9 Å². The second-order valence-electron chi connectivity index (χ2n) is 13.6. The van der Waals surface area contributed by atoms with Gasteiger partial charge in [0.2, 0.25) is 10.0 Å². The van der Waals surface area contributed by atoms with Gasteiger partial charge >= 0.3 is 12.1 Å². The van der Waals surface area contributed by atoms with Crippen molar-refractivity contribution >= 4 is 27.9 Å². The molecule has 0 fully saturated rings. The van der Waals surface area contributed by atoms with Crippen LogP contribution in [0.25, 0.3) is 0 Å². The number of esters is 1. The van der Waals surface area contributed by atoms with Gasteiger partial charge in [-0.25, -0.2) is 18.2 Å². The lowest BCUT2D eigenvalue weighted by Gasteiger charge is -2.28. The summed E-state index contributed by atoms with van der Waals surface area (Å²) in [4.78, 5) is 35.8. The zero-order valence-corrected chi connectivity index (χ0v) is 27.9. The van der Waals surface area contributed by atoms with Crippen molar-refractivity contribution in [1.29, 1.82) is 0 Å². The van der Waals surface area contributed by atoms with E-state index in [2.05, 4.69) is 30.7 Å². The Morgan fingerprint density at radius 1 is 0.818 bits per heavy atom. The highest BCUT2D eigenvalue weighted by molar-refractivity contribution is 7.89. The lowest BCUT2D eigenvalue weighted by molar-refractivity contribution is -0.153. The highest BCUT2D eigenvalue weighted by atomic mass is 32.2. The molecule has 1 aromatic carbocycles. The van der Waals surface area contributed by atoms with Crippen molar-refractivity contribution in [2.75, 3.05) is 11.4 Å². The van der Waals surface area contributed by atoms with Crippen molar-refractivity contribution in [3.63, 3.8) is 0 Å². The van der Waals surface area contributed by atoms with E-state index in [1.807, 2.05) is 24.3 Å². The van der Waals surface area contributed by atoms with Crippen LogP contribution in [0.1, 0.15) is 79.1 Å². The molecule has 0 aliphatic rings. The first-order valence-corrected chi connectivity index (χ1v) is 15.9. The summed E-state index contributed by atoms with van der Waals surface area (Å²) in [6, 6.07) is 15.8. The van der Waals surface area contributed by atoms with Gasteiger partial charge in [-0.2, -0.15) is 4.31 Å². The molecule has 0 aliphatic carbocycles. The summed E-state index contributed by atoms with van der Waals surface area (Å²) in [7, 11) is -4.01. The number of sulfonamides is 1. The van der Waals surface area contributed by atoms with Gasteiger partial charge in [-0.05, 0) is 82.3 Å². The monoisotopic (exact) mass is 624 g/mol. The van der Waals surface area contributed by atoms with Crippen LogP contribution in [0, 0.1) is 0 Å². The van der Waals surface area contributed by atoms with Crippen LogP contribution in [0.4, 0.5) is 10.6 Å². The highest BCUT2D eigenvalue weighted by Crippen LogP contribution is 2.26. The van der Waals surface area contributed by atoms with E-state index in [-0.39, 0.29) is 29.2 Å². The summed E-state index contributed by atoms with van der Waals surface area (Å²) < 4.78 is 40.1. The molecule has 44 heavy (non-hydrogen) atoms. The molecule has 1 amide bonds. The van der Waals surface area contributed by atoms with Gasteiger partial charge in [-0.1, -0.05) is 51.1 Å². The molecule has 0 radical (unpaired) electrons. The van der Waals surface area contributed by atoms with E-state index in [1.54, 1.807) is 65.8 Å². The van der Waals surface area contributed by atoms with E-state index in [0.29, 0.717) is 5.69 Å². The molecule has 10 nitrogen and oxygen atoms in total. The Hall–Kier alpha value is -3.83. The molecule has 0 saturated carbocycles. The molecule has 2 aromatic heterocycles. The molecule has 0 atom stereocenters. The first kappa shape index (κ1) is 34.7. The summed E-state index contributed by atoms with van der Waals surface area (Å²) in [5, 5.41) is 0. The largest absolute Gasteiger partial charge is 0.459 e. The van der Waals surface area contributed by atoms with Gasteiger partial charge in [0, 0.05) is 18.9 Å². The van der Waals surface area contributed by atoms with E-state index in [4.69, 9.17) is 9.47 Å². The van der Waals surface area contributed by atoms with E-state index < -0.39 is 39.8 Å². The third kappa shape index (κ3) is 10.1.